The molecule has 2 heteroatoms. The smallest absolute Gasteiger partial charge is 0.223 e. The Morgan fingerprint density at radius 1 is 1.36 bits per heavy atom. The molecule has 0 unspecified atom stereocenters. The highest BCUT2D eigenvalue weighted by atomic mass is 16.2. The van der Waals surface area contributed by atoms with Gasteiger partial charge in [0.1, 0.15) is 0 Å². The zero-order valence-electron chi connectivity index (χ0n) is 8.66. The van der Waals surface area contributed by atoms with Gasteiger partial charge in [0, 0.05) is 19.2 Å². The van der Waals surface area contributed by atoms with Crippen molar-refractivity contribution in [2.75, 3.05) is 6.54 Å². The number of nitrogens with zero attached hydrogens (tertiary/aromatic N) is 1. The lowest BCUT2D eigenvalue weighted by Crippen LogP contribution is -2.26. The first kappa shape index (κ1) is 10.5. The van der Waals surface area contributed by atoms with Crippen molar-refractivity contribution in [1.82, 2.24) is 4.90 Å². The summed E-state index contributed by atoms with van der Waals surface area (Å²) >= 11 is 0. The largest absolute Gasteiger partial charge is 0.313 e. The van der Waals surface area contributed by atoms with Gasteiger partial charge in [0.25, 0.3) is 0 Å². The molecule has 0 radical (unpaired) electrons. The quantitative estimate of drug-likeness (QED) is 0.715. The lowest BCUT2D eigenvalue weighted by atomic mass is 10.1. The molecule has 14 heavy (non-hydrogen) atoms. The fourth-order valence-corrected chi connectivity index (χ4v) is 1.39. The highest BCUT2D eigenvalue weighted by Crippen LogP contribution is 2.16. The summed E-state index contributed by atoms with van der Waals surface area (Å²) in [6, 6.07) is 9.73. The van der Waals surface area contributed by atoms with E-state index in [0.29, 0.717) is 6.54 Å². The van der Waals surface area contributed by atoms with Gasteiger partial charge in [0.05, 0.1) is 0 Å². The Balaban J connectivity index is 2.89. The lowest BCUT2D eigenvalue weighted by molar-refractivity contribution is -0.125. The molecule has 0 heterocycles. The summed E-state index contributed by atoms with van der Waals surface area (Å²) in [6.07, 6.45) is 0. The van der Waals surface area contributed by atoms with E-state index in [1.807, 2.05) is 37.3 Å². The van der Waals surface area contributed by atoms with Crippen molar-refractivity contribution >= 4 is 11.6 Å². The number of amides is 1. The molecule has 1 aromatic rings. The molecule has 0 aliphatic heterocycles. The van der Waals surface area contributed by atoms with Gasteiger partial charge >= 0.3 is 0 Å². The zero-order valence-corrected chi connectivity index (χ0v) is 8.66. The van der Waals surface area contributed by atoms with Crippen molar-refractivity contribution < 1.29 is 4.79 Å². The van der Waals surface area contributed by atoms with Crippen molar-refractivity contribution in [3.8, 4) is 0 Å². The Morgan fingerprint density at radius 2 is 1.93 bits per heavy atom. The van der Waals surface area contributed by atoms with E-state index in [-0.39, 0.29) is 5.91 Å². The van der Waals surface area contributed by atoms with E-state index in [9.17, 15) is 4.79 Å². The molecule has 0 aliphatic carbocycles. The first-order valence-corrected chi connectivity index (χ1v) is 4.69. The summed E-state index contributed by atoms with van der Waals surface area (Å²) in [5.74, 6) is 0.0290. The molecular formula is C12H15NO. The standard InChI is InChI=1S/C12H15NO/c1-4-13(11(3)14)10(2)12-8-6-5-7-9-12/h5-9H,2,4H2,1,3H3. The van der Waals surface area contributed by atoms with Crippen molar-refractivity contribution in [3.63, 3.8) is 0 Å². The molecule has 1 amide bonds. The van der Waals surface area contributed by atoms with E-state index in [4.69, 9.17) is 0 Å². The minimum absolute atomic E-state index is 0.0290. The van der Waals surface area contributed by atoms with Crippen molar-refractivity contribution in [3.05, 3.63) is 42.5 Å². The zero-order chi connectivity index (χ0) is 10.6. The van der Waals surface area contributed by atoms with Crippen LogP contribution < -0.4 is 0 Å². The maximum Gasteiger partial charge on any atom is 0.223 e. The molecule has 0 saturated heterocycles. The summed E-state index contributed by atoms with van der Waals surface area (Å²) < 4.78 is 0. The molecule has 0 saturated carbocycles. The van der Waals surface area contributed by atoms with E-state index in [1.165, 1.54) is 0 Å². The first-order valence-electron chi connectivity index (χ1n) is 4.69. The number of benzene rings is 1. The second-order valence-corrected chi connectivity index (χ2v) is 3.08. The summed E-state index contributed by atoms with van der Waals surface area (Å²) in [7, 11) is 0. The summed E-state index contributed by atoms with van der Waals surface area (Å²) in [5.41, 5.74) is 1.75. The maximum absolute atomic E-state index is 11.3. The number of carbonyl (C=O) groups is 1. The fourth-order valence-electron chi connectivity index (χ4n) is 1.39. The molecule has 0 N–H and O–H groups in total. The van der Waals surface area contributed by atoms with Crippen molar-refractivity contribution in [2.24, 2.45) is 0 Å². The van der Waals surface area contributed by atoms with Crippen LogP contribution in [0.2, 0.25) is 0 Å². The average Bonchev–Trinajstić information content (AvgIpc) is 2.19. The lowest BCUT2D eigenvalue weighted by Gasteiger charge is -2.21. The number of rotatable bonds is 3. The topological polar surface area (TPSA) is 20.3 Å². The van der Waals surface area contributed by atoms with Gasteiger partial charge in [-0.3, -0.25) is 4.79 Å². The second kappa shape index (κ2) is 4.61. The summed E-state index contributed by atoms with van der Waals surface area (Å²) in [6.45, 7) is 8.07. The van der Waals surface area contributed by atoms with Crippen LogP contribution in [0.25, 0.3) is 5.70 Å². The molecular weight excluding hydrogens is 174 g/mol. The van der Waals surface area contributed by atoms with Gasteiger partial charge in [0.2, 0.25) is 5.91 Å². The number of hydrogen-bond acceptors (Lipinski definition) is 1. The van der Waals surface area contributed by atoms with Gasteiger partial charge in [-0.25, -0.2) is 0 Å². The van der Waals surface area contributed by atoms with Gasteiger partial charge in [-0.05, 0) is 12.5 Å². The van der Waals surface area contributed by atoms with Gasteiger partial charge < -0.3 is 4.90 Å². The molecule has 0 atom stereocenters. The third kappa shape index (κ3) is 2.22. The first-order chi connectivity index (χ1) is 6.66. The van der Waals surface area contributed by atoms with Crippen LogP contribution in [0.3, 0.4) is 0 Å². The van der Waals surface area contributed by atoms with E-state index in [1.54, 1.807) is 11.8 Å². The fraction of sp³-hybridized carbons (Fsp3) is 0.250. The van der Waals surface area contributed by atoms with Crippen molar-refractivity contribution in [2.45, 2.75) is 13.8 Å². The van der Waals surface area contributed by atoms with Crippen LogP contribution in [0.15, 0.2) is 36.9 Å². The SMILES string of the molecule is C=C(c1ccccc1)N(CC)C(C)=O. The molecule has 1 rings (SSSR count). The van der Waals surface area contributed by atoms with Gasteiger partial charge in [-0.1, -0.05) is 36.9 Å². The Hall–Kier alpha value is -1.57. The van der Waals surface area contributed by atoms with Crippen LogP contribution in [-0.4, -0.2) is 17.4 Å². The minimum atomic E-state index is 0.0290. The Morgan fingerprint density at radius 3 is 2.36 bits per heavy atom. The third-order valence-electron chi connectivity index (χ3n) is 2.13. The number of hydrogen-bond donors (Lipinski definition) is 0. The average molecular weight is 189 g/mol. The van der Waals surface area contributed by atoms with Crippen LogP contribution in [0.5, 0.6) is 0 Å². The van der Waals surface area contributed by atoms with E-state index in [2.05, 4.69) is 6.58 Å². The Kier molecular flexibility index (Phi) is 3.46. The predicted molar refractivity (Wildman–Crippen MR) is 58.5 cm³/mol. The van der Waals surface area contributed by atoms with Crippen LogP contribution in [0, 0.1) is 0 Å². The molecule has 0 aromatic heterocycles. The van der Waals surface area contributed by atoms with Crippen LogP contribution in [0.4, 0.5) is 0 Å². The maximum atomic E-state index is 11.3. The van der Waals surface area contributed by atoms with Crippen LogP contribution >= 0.6 is 0 Å². The highest BCUT2D eigenvalue weighted by Gasteiger charge is 2.10. The van der Waals surface area contributed by atoms with Gasteiger partial charge in [-0.2, -0.15) is 0 Å². The molecule has 0 bridgehead atoms. The minimum Gasteiger partial charge on any atom is -0.313 e. The third-order valence-corrected chi connectivity index (χ3v) is 2.13. The highest BCUT2D eigenvalue weighted by molar-refractivity contribution is 5.84. The van der Waals surface area contributed by atoms with Gasteiger partial charge in [0.15, 0.2) is 0 Å². The summed E-state index contributed by atoms with van der Waals surface area (Å²) in [5, 5.41) is 0. The molecule has 0 fully saturated rings. The normalized spacial score (nSPS) is 9.57. The van der Waals surface area contributed by atoms with Gasteiger partial charge in [-0.15, -0.1) is 0 Å². The molecule has 74 valence electrons. The molecule has 0 aliphatic rings. The van der Waals surface area contributed by atoms with E-state index in [0.717, 1.165) is 11.3 Å². The second-order valence-electron chi connectivity index (χ2n) is 3.08. The Labute approximate surface area is 84.9 Å². The Bertz CT molecular complexity index is 329. The molecule has 2 nitrogen and oxygen atoms in total. The van der Waals surface area contributed by atoms with E-state index < -0.39 is 0 Å². The van der Waals surface area contributed by atoms with E-state index >= 15 is 0 Å². The summed E-state index contributed by atoms with van der Waals surface area (Å²) in [4.78, 5) is 12.9. The van der Waals surface area contributed by atoms with Crippen LogP contribution in [0.1, 0.15) is 19.4 Å². The predicted octanol–water partition coefficient (Wildman–Crippen LogP) is 2.53. The molecule has 0 spiro atoms. The van der Waals surface area contributed by atoms with Crippen molar-refractivity contribution in [1.29, 1.82) is 0 Å². The molecule has 1 aromatic carbocycles. The monoisotopic (exact) mass is 189 g/mol. The number of carbonyl (C=O) groups excluding carboxylic acids is 1. The van der Waals surface area contributed by atoms with Crippen LogP contribution in [-0.2, 0) is 4.79 Å².